The molecule has 1 atom stereocenters. The number of H-pyrrole nitrogens is 1. The van der Waals surface area contributed by atoms with E-state index in [1.807, 2.05) is 40.1 Å². The minimum Gasteiger partial charge on any atom is -0.340 e. The lowest BCUT2D eigenvalue weighted by molar-refractivity contribution is -0.135. The number of likely N-dealkylation sites (tertiary alicyclic amines) is 2. The standard InChI is InChI=1S/C30H34N6O3/c1-20(2)22-12-10-21(11-13-22)18-25(37)34-16-7-15-30(19-34)14-5-6-17-35(30)29(39)26-32-27-28(38)31-23-8-3-4-9-24(23)36(27)33-26/h3-4,8-13,20H,5-7,14-19H2,1-2H3,(H,31,38). The molecule has 0 saturated carbocycles. The van der Waals surface area contributed by atoms with Gasteiger partial charge in [-0.25, -0.2) is 4.52 Å². The van der Waals surface area contributed by atoms with Crippen LogP contribution in [0.2, 0.25) is 0 Å². The fraction of sp³-hybridized carbons (Fsp3) is 0.433. The molecule has 2 fully saturated rings. The van der Waals surface area contributed by atoms with Crippen molar-refractivity contribution in [1.82, 2.24) is 29.4 Å². The summed E-state index contributed by atoms with van der Waals surface area (Å²) in [7, 11) is 0. The van der Waals surface area contributed by atoms with Crippen LogP contribution < -0.4 is 5.56 Å². The minimum absolute atomic E-state index is 0.0202. The lowest BCUT2D eigenvalue weighted by atomic mass is 9.79. The van der Waals surface area contributed by atoms with E-state index in [1.54, 1.807) is 6.07 Å². The number of carbonyl (C=O) groups excluding carboxylic acids is 2. The van der Waals surface area contributed by atoms with Gasteiger partial charge in [-0.05, 0) is 61.3 Å². The number of aromatic nitrogens is 4. The van der Waals surface area contributed by atoms with E-state index >= 15 is 0 Å². The highest BCUT2D eigenvalue weighted by Crippen LogP contribution is 2.37. The zero-order valence-electron chi connectivity index (χ0n) is 22.5. The number of carbonyl (C=O) groups is 2. The number of benzene rings is 2. The maximum atomic E-state index is 13.9. The fourth-order valence-corrected chi connectivity index (χ4v) is 6.25. The number of nitrogens with zero attached hydrogens (tertiary/aromatic N) is 5. The Morgan fingerprint density at radius 3 is 2.56 bits per heavy atom. The second-order valence-electron chi connectivity index (χ2n) is 11.3. The first-order valence-corrected chi connectivity index (χ1v) is 13.9. The van der Waals surface area contributed by atoms with Gasteiger partial charge in [0, 0.05) is 19.6 Å². The number of fused-ring (bicyclic) bond motifs is 3. The third-order valence-corrected chi connectivity index (χ3v) is 8.38. The van der Waals surface area contributed by atoms with Crippen LogP contribution in [-0.4, -0.2) is 66.4 Å². The minimum atomic E-state index is -0.448. The molecular formula is C30H34N6O3. The molecule has 1 N–H and O–H groups in total. The van der Waals surface area contributed by atoms with Crippen LogP contribution in [0.15, 0.2) is 53.3 Å². The summed E-state index contributed by atoms with van der Waals surface area (Å²) < 4.78 is 1.46. The number of rotatable bonds is 4. The lowest BCUT2D eigenvalue weighted by Crippen LogP contribution is -2.63. The van der Waals surface area contributed by atoms with E-state index in [9.17, 15) is 14.4 Å². The number of hydrogen-bond acceptors (Lipinski definition) is 5. The van der Waals surface area contributed by atoms with Crippen LogP contribution in [0.1, 0.15) is 73.6 Å². The van der Waals surface area contributed by atoms with E-state index in [2.05, 4.69) is 41.0 Å². The molecule has 9 heteroatoms. The summed E-state index contributed by atoms with van der Waals surface area (Å²) in [4.78, 5) is 51.0. The molecule has 39 heavy (non-hydrogen) atoms. The van der Waals surface area contributed by atoms with Crippen LogP contribution in [0, 0.1) is 0 Å². The Labute approximate surface area is 226 Å². The van der Waals surface area contributed by atoms with Crippen molar-refractivity contribution in [3.63, 3.8) is 0 Å². The second kappa shape index (κ2) is 9.94. The SMILES string of the molecule is CC(C)c1ccc(CC(=O)N2CCCC3(CCCCN3C(=O)c3nc4c(=O)[nH]c5ccccc5n4n3)C2)cc1. The molecule has 2 saturated heterocycles. The van der Waals surface area contributed by atoms with Crippen LogP contribution >= 0.6 is 0 Å². The van der Waals surface area contributed by atoms with E-state index in [4.69, 9.17) is 0 Å². The number of nitrogens with one attached hydrogen (secondary N) is 1. The number of para-hydroxylation sites is 2. The molecule has 0 bridgehead atoms. The topological polar surface area (TPSA) is 104 Å². The summed E-state index contributed by atoms with van der Waals surface area (Å²) in [5.74, 6) is 0.284. The zero-order chi connectivity index (χ0) is 27.1. The van der Waals surface area contributed by atoms with Crippen LogP contribution in [0.25, 0.3) is 16.7 Å². The van der Waals surface area contributed by atoms with E-state index in [0.29, 0.717) is 43.0 Å². The molecule has 2 aromatic heterocycles. The van der Waals surface area contributed by atoms with Crippen LogP contribution in [-0.2, 0) is 11.2 Å². The van der Waals surface area contributed by atoms with Crippen molar-refractivity contribution in [2.75, 3.05) is 19.6 Å². The molecule has 1 spiro atoms. The van der Waals surface area contributed by atoms with Crippen LogP contribution in [0.3, 0.4) is 0 Å². The molecule has 202 valence electrons. The molecule has 2 amide bonds. The van der Waals surface area contributed by atoms with Crippen molar-refractivity contribution in [3.8, 4) is 0 Å². The van der Waals surface area contributed by atoms with Crippen molar-refractivity contribution in [1.29, 1.82) is 0 Å². The Morgan fingerprint density at radius 1 is 1.00 bits per heavy atom. The molecule has 0 radical (unpaired) electrons. The van der Waals surface area contributed by atoms with E-state index in [-0.39, 0.29) is 28.8 Å². The van der Waals surface area contributed by atoms with Gasteiger partial charge >= 0.3 is 0 Å². The summed E-state index contributed by atoms with van der Waals surface area (Å²) >= 11 is 0. The molecule has 6 rings (SSSR count). The molecule has 2 aliphatic heterocycles. The third kappa shape index (κ3) is 4.60. The molecule has 1 unspecified atom stereocenters. The number of hydrogen-bond donors (Lipinski definition) is 1. The smallest absolute Gasteiger partial charge is 0.294 e. The average Bonchev–Trinajstić information content (AvgIpc) is 3.40. The second-order valence-corrected chi connectivity index (χ2v) is 11.3. The first-order chi connectivity index (χ1) is 18.8. The summed E-state index contributed by atoms with van der Waals surface area (Å²) in [6.45, 7) is 6.11. The molecule has 2 aromatic carbocycles. The summed E-state index contributed by atoms with van der Waals surface area (Å²) in [6, 6.07) is 15.6. The molecule has 0 aliphatic carbocycles. The highest BCUT2D eigenvalue weighted by molar-refractivity contribution is 5.92. The maximum Gasteiger partial charge on any atom is 0.294 e. The Kier molecular flexibility index (Phi) is 6.45. The normalized spacial score (nSPS) is 19.9. The summed E-state index contributed by atoms with van der Waals surface area (Å²) in [5.41, 5.74) is 2.85. The van der Waals surface area contributed by atoms with Gasteiger partial charge in [-0.15, -0.1) is 5.10 Å². The van der Waals surface area contributed by atoms with Gasteiger partial charge < -0.3 is 14.8 Å². The average molecular weight is 527 g/mol. The maximum absolute atomic E-state index is 13.9. The van der Waals surface area contributed by atoms with Gasteiger partial charge in [0.1, 0.15) is 0 Å². The number of amides is 2. The van der Waals surface area contributed by atoms with E-state index in [1.165, 1.54) is 10.1 Å². The van der Waals surface area contributed by atoms with Crippen molar-refractivity contribution in [3.05, 3.63) is 75.8 Å². The molecule has 9 nitrogen and oxygen atoms in total. The Balaban J connectivity index is 1.26. The summed E-state index contributed by atoms with van der Waals surface area (Å²) in [6.07, 6.45) is 4.76. The summed E-state index contributed by atoms with van der Waals surface area (Å²) in [5, 5.41) is 4.50. The van der Waals surface area contributed by atoms with Crippen LogP contribution in [0.5, 0.6) is 0 Å². The third-order valence-electron chi connectivity index (χ3n) is 8.38. The first-order valence-electron chi connectivity index (χ1n) is 13.9. The van der Waals surface area contributed by atoms with Crippen molar-refractivity contribution >= 4 is 28.5 Å². The van der Waals surface area contributed by atoms with Gasteiger partial charge in [0.2, 0.25) is 17.4 Å². The van der Waals surface area contributed by atoms with Gasteiger partial charge in [0.15, 0.2) is 0 Å². The van der Waals surface area contributed by atoms with Crippen molar-refractivity contribution in [2.45, 2.75) is 63.8 Å². The van der Waals surface area contributed by atoms with Crippen LogP contribution in [0.4, 0.5) is 0 Å². The van der Waals surface area contributed by atoms with Gasteiger partial charge in [0.05, 0.1) is 23.0 Å². The Bertz CT molecular complexity index is 1600. The van der Waals surface area contributed by atoms with Crippen molar-refractivity contribution < 1.29 is 9.59 Å². The monoisotopic (exact) mass is 526 g/mol. The molecule has 4 heterocycles. The molecule has 4 aromatic rings. The quantitative estimate of drug-likeness (QED) is 0.434. The number of piperidine rings is 2. The zero-order valence-corrected chi connectivity index (χ0v) is 22.5. The molecular weight excluding hydrogens is 492 g/mol. The van der Waals surface area contributed by atoms with Crippen molar-refractivity contribution in [2.24, 2.45) is 0 Å². The Hall–Kier alpha value is -4.01. The molecule has 2 aliphatic rings. The van der Waals surface area contributed by atoms with Gasteiger partial charge in [-0.3, -0.25) is 14.4 Å². The predicted octanol–water partition coefficient (Wildman–Crippen LogP) is 3.92. The first kappa shape index (κ1) is 25.3. The van der Waals surface area contributed by atoms with E-state index < -0.39 is 5.54 Å². The van der Waals surface area contributed by atoms with E-state index in [0.717, 1.165) is 37.7 Å². The highest BCUT2D eigenvalue weighted by atomic mass is 16.2. The van der Waals surface area contributed by atoms with Gasteiger partial charge in [-0.1, -0.05) is 50.2 Å². The van der Waals surface area contributed by atoms with Gasteiger partial charge in [-0.2, -0.15) is 4.98 Å². The lowest BCUT2D eigenvalue weighted by Gasteiger charge is -2.52. The number of aromatic amines is 1. The largest absolute Gasteiger partial charge is 0.340 e. The predicted molar refractivity (Wildman–Crippen MR) is 149 cm³/mol. The van der Waals surface area contributed by atoms with Gasteiger partial charge in [0.25, 0.3) is 11.5 Å². The highest BCUT2D eigenvalue weighted by Gasteiger charge is 2.46. The Morgan fingerprint density at radius 2 is 1.77 bits per heavy atom. The fourth-order valence-electron chi connectivity index (χ4n) is 6.25.